The van der Waals surface area contributed by atoms with Crippen LogP contribution in [-0.2, 0) is 24.9 Å². The quantitative estimate of drug-likeness (QED) is 0.453. The number of rotatable bonds is 6. The molecule has 8 nitrogen and oxygen atoms in total. The Hall–Kier alpha value is -3.36. The molecule has 6 rings (SSSR count). The van der Waals surface area contributed by atoms with Crippen molar-refractivity contribution in [1.82, 2.24) is 20.0 Å². The molecular weight excluding hydrogens is 512 g/mol. The van der Waals surface area contributed by atoms with Crippen molar-refractivity contribution < 1.29 is 9.59 Å². The number of aromatic nitrogens is 2. The van der Waals surface area contributed by atoms with Crippen molar-refractivity contribution in [1.29, 1.82) is 0 Å². The predicted molar refractivity (Wildman–Crippen MR) is 153 cm³/mol. The Morgan fingerprint density at radius 3 is 2.64 bits per heavy atom. The molecule has 2 fully saturated rings. The molecule has 2 amide bonds. The van der Waals surface area contributed by atoms with Crippen molar-refractivity contribution in [2.24, 2.45) is 18.9 Å². The maximum atomic E-state index is 13.8. The standard InChI is InChI=1S/C30H35ClN6O2/c1-19-3-8-27-26(13-19)34-28-24(16-33-35(28)2)18-37(27)30(39)22-6-7-23(25(31)14-22)15-32-29(38)21-9-11-36(12-10-21)17-20-4-5-20/h3,6-8,13-14,16,20-21,34H,4-5,9-12,15,17-18H2,1-2H3,(H,32,38). The molecule has 0 atom stereocenters. The van der Waals surface area contributed by atoms with E-state index in [0.29, 0.717) is 23.7 Å². The lowest BCUT2D eigenvalue weighted by atomic mass is 9.95. The number of benzene rings is 2. The summed E-state index contributed by atoms with van der Waals surface area (Å²) >= 11 is 6.64. The molecule has 1 aliphatic carbocycles. The Bertz CT molecular complexity index is 1410. The van der Waals surface area contributed by atoms with E-state index in [4.69, 9.17) is 11.6 Å². The summed E-state index contributed by atoms with van der Waals surface area (Å²) in [5, 5.41) is 11.4. The Balaban J connectivity index is 1.13. The summed E-state index contributed by atoms with van der Waals surface area (Å²) in [7, 11) is 1.88. The van der Waals surface area contributed by atoms with Crippen LogP contribution in [0.4, 0.5) is 17.2 Å². The van der Waals surface area contributed by atoms with Crippen molar-refractivity contribution in [3.63, 3.8) is 0 Å². The molecular formula is C30H35ClN6O2. The van der Waals surface area contributed by atoms with Gasteiger partial charge in [0.1, 0.15) is 5.82 Å². The lowest BCUT2D eigenvalue weighted by Gasteiger charge is -2.31. The molecule has 9 heteroatoms. The molecule has 1 saturated carbocycles. The zero-order valence-corrected chi connectivity index (χ0v) is 23.3. The second-order valence-corrected chi connectivity index (χ2v) is 11.6. The SMILES string of the molecule is Cc1ccc2c(c1)Nc1c(cnn1C)CN2C(=O)c1ccc(CNC(=O)C2CCN(CC3CC3)CC2)c(Cl)c1. The lowest BCUT2D eigenvalue weighted by molar-refractivity contribution is -0.126. The maximum Gasteiger partial charge on any atom is 0.258 e. The largest absolute Gasteiger partial charge is 0.352 e. The van der Waals surface area contributed by atoms with E-state index in [0.717, 1.165) is 65.7 Å². The van der Waals surface area contributed by atoms with Crippen LogP contribution in [0.3, 0.4) is 0 Å². The third-order valence-corrected chi connectivity index (χ3v) is 8.56. The van der Waals surface area contributed by atoms with Gasteiger partial charge in [-0.1, -0.05) is 23.7 Å². The number of anilines is 3. The summed E-state index contributed by atoms with van der Waals surface area (Å²) in [6.45, 7) is 5.96. The number of hydrogen-bond donors (Lipinski definition) is 2. The van der Waals surface area contributed by atoms with Crippen LogP contribution in [0.1, 0.15) is 52.7 Å². The topological polar surface area (TPSA) is 82.5 Å². The smallest absolute Gasteiger partial charge is 0.258 e. The number of amides is 2. The van der Waals surface area contributed by atoms with E-state index < -0.39 is 0 Å². The molecule has 39 heavy (non-hydrogen) atoms. The molecule has 1 aromatic heterocycles. The van der Waals surface area contributed by atoms with Crippen molar-refractivity contribution in [2.75, 3.05) is 29.9 Å². The van der Waals surface area contributed by atoms with Gasteiger partial charge in [0.2, 0.25) is 5.91 Å². The van der Waals surface area contributed by atoms with Gasteiger partial charge in [-0.3, -0.25) is 14.3 Å². The summed E-state index contributed by atoms with van der Waals surface area (Å²) in [6.07, 6.45) is 6.32. The van der Waals surface area contributed by atoms with Crippen molar-refractivity contribution in [3.8, 4) is 0 Å². The molecule has 3 aromatic rings. The highest BCUT2D eigenvalue weighted by Gasteiger charge is 2.30. The van der Waals surface area contributed by atoms with Gasteiger partial charge in [-0.2, -0.15) is 5.10 Å². The third-order valence-electron chi connectivity index (χ3n) is 8.21. The molecule has 2 N–H and O–H groups in total. The second kappa shape index (κ2) is 10.7. The highest BCUT2D eigenvalue weighted by Crippen LogP contribution is 2.37. The molecule has 0 unspecified atom stereocenters. The van der Waals surface area contributed by atoms with Crippen LogP contribution in [-0.4, -0.2) is 46.1 Å². The number of halogens is 1. The zero-order valence-electron chi connectivity index (χ0n) is 22.5. The number of likely N-dealkylation sites (tertiary alicyclic amines) is 1. The average Bonchev–Trinajstić information content (AvgIpc) is 3.71. The van der Waals surface area contributed by atoms with Crippen LogP contribution in [0.25, 0.3) is 0 Å². The Morgan fingerprint density at radius 1 is 1.10 bits per heavy atom. The summed E-state index contributed by atoms with van der Waals surface area (Å²) in [5.74, 6) is 1.75. The number of fused-ring (bicyclic) bond motifs is 2. The van der Waals surface area contributed by atoms with Gasteiger partial charge in [-0.25, -0.2) is 0 Å². The van der Waals surface area contributed by atoms with E-state index >= 15 is 0 Å². The van der Waals surface area contributed by atoms with Gasteiger partial charge in [-0.15, -0.1) is 0 Å². The minimum Gasteiger partial charge on any atom is -0.352 e. The number of nitrogens with one attached hydrogen (secondary N) is 2. The Labute approximate surface area is 234 Å². The first-order chi connectivity index (χ1) is 18.9. The van der Waals surface area contributed by atoms with E-state index in [1.54, 1.807) is 27.9 Å². The summed E-state index contributed by atoms with van der Waals surface area (Å²) in [6, 6.07) is 11.4. The van der Waals surface area contributed by atoms with Gasteiger partial charge < -0.3 is 20.4 Å². The minimum atomic E-state index is -0.144. The van der Waals surface area contributed by atoms with Gasteiger partial charge in [0.25, 0.3) is 5.91 Å². The van der Waals surface area contributed by atoms with Crippen LogP contribution in [0, 0.1) is 18.8 Å². The summed E-state index contributed by atoms with van der Waals surface area (Å²) in [5.41, 5.74) is 4.99. The molecule has 1 saturated heterocycles. The molecule has 3 aliphatic rings. The zero-order chi connectivity index (χ0) is 27.1. The van der Waals surface area contributed by atoms with Crippen molar-refractivity contribution >= 4 is 40.6 Å². The average molecular weight is 547 g/mol. The number of carbonyl (C=O) groups excluding carboxylic acids is 2. The Morgan fingerprint density at radius 2 is 1.90 bits per heavy atom. The van der Waals surface area contributed by atoms with E-state index in [9.17, 15) is 9.59 Å². The first-order valence-electron chi connectivity index (χ1n) is 13.8. The van der Waals surface area contributed by atoms with E-state index in [1.165, 1.54) is 19.4 Å². The minimum absolute atomic E-state index is 0.0535. The van der Waals surface area contributed by atoms with Crippen LogP contribution >= 0.6 is 11.6 Å². The normalized spacial score (nSPS) is 17.7. The third kappa shape index (κ3) is 5.54. The molecule has 0 radical (unpaired) electrons. The van der Waals surface area contributed by atoms with Gasteiger partial charge in [-0.05, 0) is 87.0 Å². The number of piperidine rings is 1. The van der Waals surface area contributed by atoms with Crippen LogP contribution in [0.5, 0.6) is 0 Å². The molecule has 2 aliphatic heterocycles. The molecule has 3 heterocycles. The number of nitrogens with zero attached hydrogens (tertiary/aromatic N) is 4. The van der Waals surface area contributed by atoms with Gasteiger partial charge in [0.15, 0.2) is 0 Å². The van der Waals surface area contributed by atoms with E-state index in [2.05, 4.69) is 20.6 Å². The lowest BCUT2D eigenvalue weighted by Crippen LogP contribution is -2.41. The molecule has 204 valence electrons. The van der Waals surface area contributed by atoms with Crippen LogP contribution < -0.4 is 15.5 Å². The monoisotopic (exact) mass is 546 g/mol. The van der Waals surface area contributed by atoms with Gasteiger partial charge in [0, 0.05) is 42.2 Å². The molecule has 2 aromatic carbocycles. The maximum absolute atomic E-state index is 13.8. The number of carbonyl (C=O) groups is 2. The number of hydrogen-bond acceptors (Lipinski definition) is 5. The van der Waals surface area contributed by atoms with Crippen LogP contribution in [0.2, 0.25) is 5.02 Å². The fourth-order valence-corrected chi connectivity index (χ4v) is 5.91. The fraction of sp³-hybridized carbons (Fsp3) is 0.433. The Kier molecular flexibility index (Phi) is 7.08. The van der Waals surface area contributed by atoms with Gasteiger partial charge in [0.05, 0.1) is 24.1 Å². The van der Waals surface area contributed by atoms with Crippen LogP contribution in [0.15, 0.2) is 42.6 Å². The fourth-order valence-electron chi connectivity index (χ4n) is 5.66. The van der Waals surface area contributed by atoms with E-state index in [1.807, 2.05) is 38.2 Å². The molecule has 0 spiro atoms. The summed E-state index contributed by atoms with van der Waals surface area (Å²) in [4.78, 5) is 30.9. The summed E-state index contributed by atoms with van der Waals surface area (Å²) < 4.78 is 1.78. The van der Waals surface area contributed by atoms with Crippen molar-refractivity contribution in [3.05, 3.63) is 69.9 Å². The van der Waals surface area contributed by atoms with E-state index in [-0.39, 0.29) is 17.7 Å². The highest BCUT2D eigenvalue weighted by molar-refractivity contribution is 6.32. The number of aryl methyl sites for hydroxylation is 2. The van der Waals surface area contributed by atoms with Crippen molar-refractivity contribution in [2.45, 2.75) is 45.7 Å². The second-order valence-electron chi connectivity index (χ2n) is 11.2. The predicted octanol–water partition coefficient (Wildman–Crippen LogP) is 5.02. The highest BCUT2D eigenvalue weighted by atomic mass is 35.5. The van der Waals surface area contributed by atoms with Gasteiger partial charge >= 0.3 is 0 Å². The first kappa shape index (κ1) is 25.9. The first-order valence-corrected chi connectivity index (χ1v) is 14.2. The molecule has 0 bridgehead atoms.